The van der Waals surface area contributed by atoms with Crippen LogP contribution in [0.3, 0.4) is 0 Å². The predicted molar refractivity (Wildman–Crippen MR) is 89.5 cm³/mol. The van der Waals surface area contributed by atoms with Gasteiger partial charge in [-0.25, -0.2) is 9.59 Å². The van der Waals surface area contributed by atoms with Gasteiger partial charge in [-0.2, -0.15) is 0 Å². The Balaban J connectivity index is 0.000000413. The molecule has 7 nitrogen and oxygen atoms in total. The minimum atomic E-state index is -1.82. The van der Waals surface area contributed by atoms with Crippen molar-refractivity contribution in [3.8, 4) is 5.75 Å². The van der Waals surface area contributed by atoms with Crippen LogP contribution in [0, 0.1) is 0 Å². The van der Waals surface area contributed by atoms with Crippen LogP contribution in [0.4, 0.5) is 0 Å². The number of benzene rings is 2. The van der Waals surface area contributed by atoms with E-state index in [9.17, 15) is 0 Å². The van der Waals surface area contributed by atoms with Gasteiger partial charge in [0.2, 0.25) is 0 Å². The second-order valence-corrected chi connectivity index (χ2v) is 4.71. The number of ether oxygens (including phenoxy) is 2. The Morgan fingerprint density at radius 3 is 2.21 bits per heavy atom. The zero-order valence-corrected chi connectivity index (χ0v) is 13.4. The minimum Gasteiger partial charge on any atom is -0.492 e. The van der Waals surface area contributed by atoms with E-state index >= 15 is 0 Å². The first kappa shape index (κ1) is 19.4. The zero-order chi connectivity index (χ0) is 17.8. The van der Waals surface area contributed by atoms with E-state index in [0.29, 0.717) is 6.61 Å². The van der Waals surface area contributed by atoms with E-state index in [1.54, 1.807) is 7.11 Å². The highest BCUT2D eigenvalue weighted by Gasteiger charge is 2.04. The Kier molecular flexibility index (Phi) is 8.88. The molecule has 2 aromatic carbocycles. The van der Waals surface area contributed by atoms with Crippen molar-refractivity contribution in [1.29, 1.82) is 0 Å². The fraction of sp³-hybridized carbons (Fsp3) is 0.294. The molecule has 130 valence electrons. The number of carbonyl (C=O) groups is 2. The second kappa shape index (κ2) is 11.0. The van der Waals surface area contributed by atoms with Crippen LogP contribution in [0.25, 0.3) is 10.8 Å². The Labute approximate surface area is 139 Å². The van der Waals surface area contributed by atoms with Crippen molar-refractivity contribution in [2.75, 3.05) is 33.4 Å². The number of hydrogen-bond acceptors (Lipinski definition) is 5. The molecule has 0 aliphatic heterocycles. The highest BCUT2D eigenvalue weighted by atomic mass is 16.5. The fourth-order valence-electron chi connectivity index (χ4n) is 1.80. The normalized spacial score (nSPS) is 9.88. The minimum absolute atomic E-state index is 0.669. The summed E-state index contributed by atoms with van der Waals surface area (Å²) in [7, 11) is 1.70. The molecule has 0 spiro atoms. The lowest BCUT2D eigenvalue weighted by Gasteiger charge is -2.08. The van der Waals surface area contributed by atoms with Crippen molar-refractivity contribution in [2.45, 2.75) is 0 Å². The largest absolute Gasteiger partial charge is 0.492 e. The number of rotatable bonds is 7. The Morgan fingerprint density at radius 2 is 1.58 bits per heavy atom. The third-order valence-corrected chi connectivity index (χ3v) is 2.93. The van der Waals surface area contributed by atoms with E-state index in [1.165, 1.54) is 10.8 Å². The van der Waals surface area contributed by atoms with Crippen molar-refractivity contribution < 1.29 is 29.3 Å². The van der Waals surface area contributed by atoms with Crippen LogP contribution in [0.1, 0.15) is 0 Å². The molecule has 0 bridgehead atoms. The maximum Gasteiger partial charge on any atom is 0.414 e. The topological polar surface area (TPSA) is 105 Å². The summed E-state index contributed by atoms with van der Waals surface area (Å²) < 4.78 is 10.6. The highest BCUT2D eigenvalue weighted by molar-refractivity contribution is 6.27. The number of fused-ring (bicyclic) bond motifs is 1. The molecule has 0 saturated carbocycles. The van der Waals surface area contributed by atoms with Gasteiger partial charge >= 0.3 is 11.9 Å². The molecule has 0 aliphatic rings. The molecule has 0 radical (unpaired) electrons. The first-order chi connectivity index (χ1) is 11.5. The van der Waals surface area contributed by atoms with Crippen LogP contribution in [-0.2, 0) is 14.3 Å². The summed E-state index contributed by atoms with van der Waals surface area (Å²) in [6.45, 7) is 3.09. The monoisotopic (exact) mass is 335 g/mol. The zero-order valence-electron chi connectivity index (χ0n) is 13.4. The van der Waals surface area contributed by atoms with Crippen molar-refractivity contribution in [2.24, 2.45) is 0 Å². The van der Waals surface area contributed by atoms with Gasteiger partial charge in [-0.15, -0.1) is 0 Å². The summed E-state index contributed by atoms with van der Waals surface area (Å²) in [5.74, 6) is -2.73. The molecule has 0 aliphatic carbocycles. The van der Waals surface area contributed by atoms with Gasteiger partial charge in [-0.05, 0) is 22.9 Å². The molecule has 7 heteroatoms. The number of aliphatic carboxylic acids is 2. The number of methoxy groups -OCH3 is 1. The maximum absolute atomic E-state index is 9.10. The Morgan fingerprint density at radius 1 is 0.958 bits per heavy atom. The van der Waals surface area contributed by atoms with E-state index in [1.807, 2.05) is 18.2 Å². The molecule has 0 saturated heterocycles. The number of carboxylic acids is 2. The lowest BCUT2D eigenvalue weighted by molar-refractivity contribution is -0.159. The predicted octanol–water partition coefficient (Wildman–Crippen LogP) is 1.61. The number of nitrogens with one attached hydrogen (secondary N) is 1. The average molecular weight is 335 g/mol. The van der Waals surface area contributed by atoms with E-state index in [0.717, 1.165) is 25.4 Å². The van der Waals surface area contributed by atoms with Crippen LogP contribution in [0.15, 0.2) is 42.5 Å². The van der Waals surface area contributed by atoms with Gasteiger partial charge in [0.05, 0.1) is 6.61 Å². The molecule has 2 aromatic rings. The summed E-state index contributed by atoms with van der Waals surface area (Å²) in [4.78, 5) is 18.2. The third kappa shape index (κ3) is 7.57. The summed E-state index contributed by atoms with van der Waals surface area (Å²) in [6.07, 6.45) is 0. The summed E-state index contributed by atoms with van der Waals surface area (Å²) >= 11 is 0. The van der Waals surface area contributed by atoms with Gasteiger partial charge in [0.1, 0.15) is 12.4 Å². The molecule has 0 fully saturated rings. The van der Waals surface area contributed by atoms with Gasteiger partial charge in [-0.3, -0.25) is 0 Å². The fourth-order valence-corrected chi connectivity index (χ4v) is 1.80. The molecular formula is C17H21NO6. The van der Waals surface area contributed by atoms with Gasteiger partial charge < -0.3 is 25.0 Å². The Bertz CT molecular complexity index is 646. The molecule has 0 aromatic heterocycles. The van der Waals surface area contributed by atoms with Crippen LogP contribution in [-0.4, -0.2) is 55.6 Å². The van der Waals surface area contributed by atoms with E-state index in [2.05, 4.69) is 29.6 Å². The Hall–Kier alpha value is -2.64. The quantitative estimate of drug-likeness (QED) is 0.521. The number of carboxylic acid groups (broad SMARTS) is 2. The smallest absolute Gasteiger partial charge is 0.414 e. The van der Waals surface area contributed by atoms with Crippen molar-refractivity contribution >= 4 is 22.7 Å². The molecule has 0 heterocycles. The van der Waals surface area contributed by atoms with E-state index in [-0.39, 0.29) is 0 Å². The van der Waals surface area contributed by atoms with Crippen LogP contribution >= 0.6 is 0 Å². The van der Waals surface area contributed by atoms with Crippen LogP contribution in [0.2, 0.25) is 0 Å². The first-order valence-corrected chi connectivity index (χ1v) is 7.32. The van der Waals surface area contributed by atoms with Gasteiger partial charge in [0, 0.05) is 20.2 Å². The summed E-state index contributed by atoms with van der Waals surface area (Å²) in [5.41, 5.74) is 0. The maximum atomic E-state index is 9.10. The van der Waals surface area contributed by atoms with Gasteiger partial charge in [0.25, 0.3) is 0 Å². The third-order valence-electron chi connectivity index (χ3n) is 2.93. The standard InChI is InChI=1S/C15H19NO2.C2H2O4/c1-17-10-8-16-9-11-18-15-7-6-13-4-2-3-5-14(13)12-15;3-1(4)2(5)6/h2-7,12,16H,8-11H2,1H3;(H,3,4)(H,5,6). The van der Waals surface area contributed by atoms with Crippen molar-refractivity contribution in [3.05, 3.63) is 42.5 Å². The van der Waals surface area contributed by atoms with E-state index < -0.39 is 11.9 Å². The summed E-state index contributed by atoms with van der Waals surface area (Å²) in [5, 5.41) is 20.5. The molecule has 0 unspecified atom stereocenters. The molecule has 2 rings (SSSR count). The number of hydrogen-bond donors (Lipinski definition) is 3. The molecule has 24 heavy (non-hydrogen) atoms. The van der Waals surface area contributed by atoms with Crippen molar-refractivity contribution in [1.82, 2.24) is 5.32 Å². The van der Waals surface area contributed by atoms with Gasteiger partial charge in [-0.1, -0.05) is 30.3 Å². The average Bonchev–Trinajstić information content (AvgIpc) is 2.58. The lowest BCUT2D eigenvalue weighted by Crippen LogP contribution is -2.24. The van der Waals surface area contributed by atoms with Gasteiger partial charge in [0.15, 0.2) is 0 Å². The summed E-state index contributed by atoms with van der Waals surface area (Å²) in [6, 6.07) is 14.5. The molecule has 0 amide bonds. The molecule has 0 atom stereocenters. The lowest BCUT2D eigenvalue weighted by atomic mass is 10.1. The first-order valence-electron chi connectivity index (χ1n) is 7.32. The highest BCUT2D eigenvalue weighted by Crippen LogP contribution is 2.20. The second-order valence-electron chi connectivity index (χ2n) is 4.71. The van der Waals surface area contributed by atoms with Crippen LogP contribution in [0.5, 0.6) is 5.75 Å². The van der Waals surface area contributed by atoms with Crippen molar-refractivity contribution in [3.63, 3.8) is 0 Å². The molecular weight excluding hydrogens is 314 g/mol. The SMILES string of the molecule is COCCNCCOc1ccc2ccccc2c1.O=C(O)C(=O)O. The van der Waals surface area contributed by atoms with Crippen LogP contribution < -0.4 is 10.1 Å². The van der Waals surface area contributed by atoms with E-state index in [4.69, 9.17) is 29.3 Å². The molecule has 3 N–H and O–H groups in total.